The van der Waals surface area contributed by atoms with E-state index in [-0.39, 0.29) is 11.2 Å². The molecule has 230 valence electrons. The van der Waals surface area contributed by atoms with Crippen molar-refractivity contribution in [2.45, 2.75) is 51.1 Å². The van der Waals surface area contributed by atoms with Gasteiger partial charge in [-0.3, -0.25) is 0 Å². The maximum absolute atomic E-state index is 13.9. The number of nitrogens with zero attached hydrogens (tertiary/aromatic N) is 6. The van der Waals surface area contributed by atoms with Crippen molar-refractivity contribution in [3.8, 4) is 0 Å². The second-order valence-electron chi connectivity index (χ2n) is 11.4. The van der Waals surface area contributed by atoms with Crippen LogP contribution in [0.5, 0.6) is 0 Å². The summed E-state index contributed by atoms with van der Waals surface area (Å²) in [5, 5.41) is 4.17. The molecule has 3 aromatic rings. The van der Waals surface area contributed by atoms with E-state index in [1.807, 2.05) is 4.90 Å². The van der Waals surface area contributed by atoms with Crippen LogP contribution in [0.25, 0.3) is 11.2 Å². The highest BCUT2D eigenvalue weighted by Gasteiger charge is 2.40. The molecule has 2 aliphatic heterocycles. The summed E-state index contributed by atoms with van der Waals surface area (Å²) in [6.45, 7) is 9.31. The Bertz CT molecular complexity index is 1540. The predicted octanol–water partition coefficient (Wildman–Crippen LogP) is 5.24. The van der Waals surface area contributed by atoms with Crippen LogP contribution in [0.3, 0.4) is 0 Å². The third-order valence-corrected chi connectivity index (χ3v) is 10.6. The van der Waals surface area contributed by atoms with Crippen molar-refractivity contribution in [3.05, 3.63) is 45.7 Å². The molecule has 0 aliphatic carbocycles. The molecular formula is C27H34Cl2F3N7O2S. The van der Waals surface area contributed by atoms with Crippen molar-refractivity contribution < 1.29 is 21.6 Å². The number of nitrogens with one attached hydrogen (secondary N) is 1. The Morgan fingerprint density at radius 1 is 1.12 bits per heavy atom. The van der Waals surface area contributed by atoms with Gasteiger partial charge in [0.2, 0.25) is 10.0 Å². The minimum absolute atomic E-state index is 0.0366. The van der Waals surface area contributed by atoms with E-state index in [1.165, 1.54) is 10.9 Å². The first kappa shape index (κ1) is 31.2. The number of fused-ring (bicyclic) bond motifs is 1. The summed E-state index contributed by atoms with van der Waals surface area (Å²) in [5.41, 5.74) is -0.798. The number of likely N-dealkylation sites (tertiary alicyclic amines) is 1. The maximum atomic E-state index is 13.9. The van der Waals surface area contributed by atoms with E-state index in [0.717, 1.165) is 39.0 Å². The lowest BCUT2D eigenvalue weighted by molar-refractivity contribution is -0.140. The summed E-state index contributed by atoms with van der Waals surface area (Å²) in [6, 6.07) is 4.18. The monoisotopic (exact) mass is 647 g/mol. The van der Waals surface area contributed by atoms with Crippen molar-refractivity contribution in [2.24, 2.45) is 11.8 Å². The molecule has 2 atom stereocenters. The third kappa shape index (κ3) is 6.50. The van der Waals surface area contributed by atoms with Crippen LogP contribution in [0.1, 0.15) is 50.9 Å². The normalized spacial score (nSPS) is 19.9. The number of benzene rings is 1. The molecule has 0 spiro atoms. The zero-order chi connectivity index (χ0) is 30.4. The van der Waals surface area contributed by atoms with Crippen LogP contribution in [0.15, 0.2) is 24.4 Å². The van der Waals surface area contributed by atoms with Crippen LogP contribution in [-0.4, -0.2) is 77.6 Å². The van der Waals surface area contributed by atoms with Gasteiger partial charge in [-0.1, -0.05) is 29.3 Å². The SMILES string of the molecule is CC(c1ccc(Cl)cc1Cl)n1nc(C(F)(F)F)c2ncc(N3CC([C@H]4CCCN(CCNS(=O)(=O)C(C)C)C4)C3)nc21. The van der Waals surface area contributed by atoms with Gasteiger partial charge in [0, 0.05) is 42.8 Å². The molecule has 4 heterocycles. The number of piperidine rings is 1. The highest BCUT2D eigenvalue weighted by Crippen LogP contribution is 2.38. The molecule has 0 bridgehead atoms. The van der Waals surface area contributed by atoms with E-state index in [4.69, 9.17) is 23.2 Å². The van der Waals surface area contributed by atoms with Crippen LogP contribution >= 0.6 is 23.2 Å². The van der Waals surface area contributed by atoms with Crippen LogP contribution in [0.2, 0.25) is 10.0 Å². The van der Waals surface area contributed by atoms with Gasteiger partial charge in [0.05, 0.1) is 17.5 Å². The number of hydrogen-bond acceptors (Lipinski definition) is 7. The fourth-order valence-corrected chi connectivity index (χ4v) is 6.95. The van der Waals surface area contributed by atoms with E-state index >= 15 is 0 Å². The lowest BCUT2D eigenvalue weighted by atomic mass is 9.80. The second kappa shape index (κ2) is 12.1. The molecule has 0 radical (unpaired) electrons. The van der Waals surface area contributed by atoms with E-state index in [1.54, 1.807) is 39.0 Å². The Morgan fingerprint density at radius 2 is 1.86 bits per heavy atom. The first-order valence-electron chi connectivity index (χ1n) is 14.0. The lowest BCUT2D eigenvalue weighted by Crippen LogP contribution is -2.54. The Balaban J connectivity index is 1.29. The molecule has 1 aromatic carbocycles. The average molecular weight is 649 g/mol. The van der Waals surface area contributed by atoms with Gasteiger partial charge in [0.15, 0.2) is 11.3 Å². The molecule has 2 fully saturated rings. The highest BCUT2D eigenvalue weighted by atomic mass is 35.5. The number of sulfonamides is 1. The van der Waals surface area contributed by atoms with Crippen LogP contribution < -0.4 is 9.62 Å². The Labute approximate surface area is 253 Å². The topological polar surface area (TPSA) is 96.3 Å². The summed E-state index contributed by atoms with van der Waals surface area (Å²) in [4.78, 5) is 13.1. The van der Waals surface area contributed by atoms with Gasteiger partial charge in [-0.15, -0.1) is 0 Å². The minimum atomic E-state index is -4.70. The number of anilines is 1. The van der Waals surface area contributed by atoms with Gasteiger partial charge in [0.1, 0.15) is 11.3 Å². The quantitative estimate of drug-likeness (QED) is 0.339. The summed E-state index contributed by atoms with van der Waals surface area (Å²) >= 11 is 12.4. The Kier molecular flexibility index (Phi) is 8.98. The fraction of sp³-hybridized carbons (Fsp3) is 0.593. The molecule has 0 amide bonds. The van der Waals surface area contributed by atoms with Crippen LogP contribution in [0, 0.1) is 11.8 Å². The van der Waals surface area contributed by atoms with E-state index in [0.29, 0.717) is 46.4 Å². The van der Waals surface area contributed by atoms with Gasteiger partial charge in [0.25, 0.3) is 0 Å². The molecule has 0 saturated carbocycles. The third-order valence-electron chi connectivity index (χ3n) is 8.23. The number of rotatable bonds is 9. The van der Waals surface area contributed by atoms with E-state index < -0.39 is 33.2 Å². The molecule has 15 heteroatoms. The summed E-state index contributed by atoms with van der Waals surface area (Å²) in [6.07, 6.45) is -1.20. The standard InChI is InChI=1S/C27H34Cl2F3N7O2S/c1-16(2)42(40,41)34-8-10-37-9-4-5-18(13-37)19-14-38(15-19)23-12-33-24-25(27(30,31)32)36-39(26(24)35-23)17(3)21-7-6-20(28)11-22(21)29/h6-7,11-12,16-19,34H,4-5,8-10,13-15H2,1-3H3/t17?,18-/m0/s1. The van der Waals surface area contributed by atoms with E-state index in [9.17, 15) is 21.6 Å². The molecule has 1 unspecified atom stereocenters. The molecule has 9 nitrogen and oxygen atoms in total. The molecule has 2 saturated heterocycles. The zero-order valence-corrected chi connectivity index (χ0v) is 25.9. The van der Waals surface area contributed by atoms with Crippen molar-refractivity contribution in [2.75, 3.05) is 44.2 Å². The minimum Gasteiger partial charge on any atom is -0.355 e. The maximum Gasteiger partial charge on any atom is 0.437 e. The highest BCUT2D eigenvalue weighted by molar-refractivity contribution is 7.90. The first-order chi connectivity index (χ1) is 19.7. The van der Waals surface area contributed by atoms with Crippen molar-refractivity contribution in [3.63, 3.8) is 0 Å². The van der Waals surface area contributed by atoms with Crippen molar-refractivity contribution in [1.82, 2.24) is 29.4 Å². The van der Waals surface area contributed by atoms with Crippen LogP contribution in [0.4, 0.5) is 19.0 Å². The van der Waals surface area contributed by atoms with Gasteiger partial charge in [-0.05, 0) is 69.7 Å². The molecule has 2 aromatic heterocycles. The lowest BCUT2D eigenvalue weighted by Gasteiger charge is -2.47. The number of halogens is 5. The van der Waals surface area contributed by atoms with Crippen molar-refractivity contribution in [1.29, 1.82) is 0 Å². The number of hydrogen-bond donors (Lipinski definition) is 1. The van der Waals surface area contributed by atoms with Gasteiger partial charge < -0.3 is 9.80 Å². The van der Waals surface area contributed by atoms with Crippen molar-refractivity contribution >= 4 is 50.2 Å². The average Bonchev–Trinajstić information content (AvgIpc) is 3.27. The molecule has 5 rings (SSSR count). The predicted molar refractivity (Wildman–Crippen MR) is 158 cm³/mol. The fourth-order valence-electron chi connectivity index (χ4n) is 5.67. The Hall–Kier alpha value is -2.19. The van der Waals surface area contributed by atoms with Gasteiger partial charge in [-0.25, -0.2) is 27.8 Å². The second-order valence-corrected chi connectivity index (χ2v) is 14.6. The van der Waals surface area contributed by atoms with Crippen LogP contribution in [-0.2, 0) is 16.2 Å². The summed E-state index contributed by atoms with van der Waals surface area (Å²) in [7, 11) is -3.29. The number of alkyl halides is 3. The molecule has 1 N–H and O–H groups in total. The zero-order valence-electron chi connectivity index (χ0n) is 23.6. The molecule has 42 heavy (non-hydrogen) atoms. The van der Waals surface area contributed by atoms with Gasteiger partial charge in [-0.2, -0.15) is 18.3 Å². The summed E-state index contributed by atoms with van der Waals surface area (Å²) in [5.74, 6) is 1.35. The van der Waals surface area contributed by atoms with Gasteiger partial charge >= 0.3 is 6.18 Å². The molecular weight excluding hydrogens is 614 g/mol. The first-order valence-corrected chi connectivity index (χ1v) is 16.3. The molecule has 2 aliphatic rings. The van der Waals surface area contributed by atoms with E-state index in [2.05, 4.69) is 24.7 Å². The Morgan fingerprint density at radius 3 is 2.52 bits per heavy atom. The largest absolute Gasteiger partial charge is 0.437 e. The smallest absolute Gasteiger partial charge is 0.355 e. The summed E-state index contributed by atoms with van der Waals surface area (Å²) < 4.78 is 69.7. The number of aromatic nitrogens is 4.